The first-order valence-electron chi connectivity index (χ1n) is 6.66. The first-order chi connectivity index (χ1) is 9.47. The van der Waals surface area contributed by atoms with Gasteiger partial charge in [0.1, 0.15) is 0 Å². The van der Waals surface area contributed by atoms with Crippen LogP contribution in [0.25, 0.3) is 0 Å². The summed E-state index contributed by atoms with van der Waals surface area (Å²) >= 11 is 0. The maximum atomic E-state index is 12.0. The van der Waals surface area contributed by atoms with E-state index in [1.54, 1.807) is 18.2 Å². The standard InChI is InChI=1S/C14H20N4O2/c1-9-7-10(15)4-5-11(9)17-13(19)8-18-6-2-3-12(18)14(16)20/h4-5,7,12H,2-3,6,8,15H2,1H3,(H2,16,20)(H,17,19). The summed E-state index contributed by atoms with van der Waals surface area (Å²) in [6.07, 6.45) is 1.62. The number of aryl methyl sites for hydroxylation is 1. The molecule has 1 aliphatic rings. The largest absolute Gasteiger partial charge is 0.399 e. The highest BCUT2D eigenvalue weighted by atomic mass is 16.2. The van der Waals surface area contributed by atoms with Gasteiger partial charge in [-0.3, -0.25) is 14.5 Å². The highest BCUT2D eigenvalue weighted by molar-refractivity contribution is 5.93. The maximum absolute atomic E-state index is 12.0. The van der Waals surface area contributed by atoms with Gasteiger partial charge >= 0.3 is 0 Å². The minimum absolute atomic E-state index is 0.147. The summed E-state index contributed by atoms with van der Waals surface area (Å²) in [5.41, 5.74) is 13.3. The molecule has 1 unspecified atom stereocenters. The normalized spacial score (nSPS) is 18.9. The summed E-state index contributed by atoms with van der Waals surface area (Å²) in [7, 11) is 0. The number of benzene rings is 1. The van der Waals surface area contributed by atoms with Crippen LogP contribution in [0.5, 0.6) is 0 Å². The average Bonchev–Trinajstić information content (AvgIpc) is 2.81. The van der Waals surface area contributed by atoms with Gasteiger partial charge in [-0.25, -0.2) is 0 Å². The average molecular weight is 276 g/mol. The second kappa shape index (κ2) is 5.92. The second-order valence-corrected chi connectivity index (χ2v) is 5.15. The van der Waals surface area contributed by atoms with Crippen LogP contribution >= 0.6 is 0 Å². The molecule has 0 radical (unpaired) electrons. The number of nitrogens with zero attached hydrogens (tertiary/aromatic N) is 1. The summed E-state index contributed by atoms with van der Waals surface area (Å²) < 4.78 is 0. The Hall–Kier alpha value is -2.08. The van der Waals surface area contributed by atoms with Crippen LogP contribution in [0.1, 0.15) is 18.4 Å². The predicted octanol–water partition coefficient (Wildman–Crippen LogP) is 0.465. The Morgan fingerprint density at radius 1 is 1.45 bits per heavy atom. The molecule has 5 N–H and O–H groups in total. The lowest BCUT2D eigenvalue weighted by Crippen LogP contribution is -2.43. The van der Waals surface area contributed by atoms with E-state index in [0.717, 1.165) is 30.6 Å². The van der Waals surface area contributed by atoms with Crippen LogP contribution in [0, 0.1) is 6.92 Å². The molecule has 1 aromatic carbocycles. The number of amides is 2. The van der Waals surface area contributed by atoms with E-state index in [-0.39, 0.29) is 24.4 Å². The molecule has 1 saturated heterocycles. The van der Waals surface area contributed by atoms with Gasteiger partial charge in [0.05, 0.1) is 12.6 Å². The van der Waals surface area contributed by atoms with Crippen LogP contribution in [-0.2, 0) is 9.59 Å². The lowest BCUT2D eigenvalue weighted by atomic mass is 10.2. The number of carbonyl (C=O) groups excluding carboxylic acids is 2. The van der Waals surface area contributed by atoms with E-state index in [1.807, 2.05) is 11.8 Å². The van der Waals surface area contributed by atoms with Gasteiger partial charge in [-0.2, -0.15) is 0 Å². The molecule has 1 atom stereocenters. The quantitative estimate of drug-likeness (QED) is 0.695. The number of hydrogen-bond donors (Lipinski definition) is 3. The van der Waals surface area contributed by atoms with Gasteiger partial charge in [0.15, 0.2) is 0 Å². The van der Waals surface area contributed by atoms with E-state index in [1.165, 1.54) is 0 Å². The van der Waals surface area contributed by atoms with Gasteiger partial charge in [0, 0.05) is 11.4 Å². The molecule has 0 aromatic heterocycles. The van der Waals surface area contributed by atoms with E-state index in [0.29, 0.717) is 5.69 Å². The minimum atomic E-state index is -0.362. The molecule has 0 saturated carbocycles. The number of primary amides is 1. The molecule has 2 amide bonds. The number of nitrogens with one attached hydrogen (secondary N) is 1. The SMILES string of the molecule is Cc1cc(N)ccc1NC(=O)CN1CCCC1C(N)=O. The Bertz CT molecular complexity index is 530. The van der Waals surface area contributed by atoms with Gasteiger partial charge < -0.3 is 16.8 Å². The van der Waals surface area contributed by atoms with Crippen molar-refractivity contribution in [2.24, 2.45) is 5.73 Å². The number of nitrogen functional groups attached to an aromatic ring is 1. The Balaban J connectivity index is 1.97. The molecule has 1 aromatic rings. The zero-order valence-corrected chi connectivity index (χ0v) is 11.6. The van der Waals surface area contributed by atoms with Crippen molar-refractivity contribution in [3.8, 4) is 0 Å². The Labute approximate surface area is 118 Å². The van der Waals surface area contributed by atoms with E-state index < -0.39 is 0 Å². The molecular weight excluding hydrogens is 256 g/mol. The Morgan fingerprint density at radius 3 is 2.85 bits per heavy atom. The van der Waals surface area contributed by atoms with Crippen LogP contribution in [0.2, 0.25) is 0 Å². The lowest BCUT2D eigenvalue weighted by Gasteiger charge is -2.21. The smallest absolute Gasteiger partial charge is 0.238 e. The fourth-order valence-electron chi connectivity index (χ4n) is 2.54. The lowest BCUT2D eigenvalue weighted by molar-refractivity contribution is -0.123. The van der Waals surface area contributed by atoms with Crippen molar-refractivity contribution in [3.05, 3.63) is 23.8 Å². The summed E-state index contributed by atoms with van der Waals surface area (Å²) in [5.74, 6) is -0.509. The molecule has 20 heavy (non-hydrogen) atoms. The second-order valence-electron chi connectivity index (χ2n) is 5.15. The summed E-state index contributed by atoms with van der Waals surface area (Å²) in [6.45, 7) is 2.78. The fourth-order valence-corrected chi connectivity index (χ4v) is 2.54. The number of hydrogen-bond acceptors (Lipinski definition) is 4. The summed E-state index contributed by atoms with van der Waals surface area (Å²) in [5, 5.41) is 2.84. The Kier molecular flexibility index (Phi) is 4.24. The predicted molar refractivity (Wildman–Crippen MR) is 78.0 cm³/mol. The van der Waals surface area contributed by atoms with Crippen LogP contribution in [0.3, 0.4) is 0 Å². The molecule has 0 spiro atoms. The number of carbonyl (C=O) groups is 2. The van der Waals surface area contributed by atoms with Crippen molar-refractivity contribution >= 4 is 23.2 Å². The third-order valence-corrected chi connectivity index (χ3v) is 3.56. The minimum Gasteiger partial charge on any atom is -0.399 e. The van der Waals surface area contributed by atoms with Crippen molar-refractivity contribution in [1.82, 2.24) is 4.90 Å². The van der Waals surface area contributed by atoms with Gasteiger partial charge in [0.25, 0.3) is 0 Å². The van der Waals surface area contributed by atoms with E-state index in [4.69, 9.17) is 11.5 Å². The third kappa shape index (κ3) is 3.27. The van der Waals surface area contributed by atoms with E-state index in [9.17, 15) is 9.59 Å². The van der Waals surface area contributed by atoms with E-state index in [2.05, 4.69) is 5.32 Å². The maximum Gasteiger partial charge on any atom is 0.238 e. The third-order valence-electron chi connectivity index (χ3n) is 3.56. The van der Waals surface area contributed by atoms with Crippen LogP contribution in [0.4, 0.5) is 11.4 Å². The zero-order valence-electron chi connectivity index (χ0n) is 11.6. The van der Waals surface area contributed by atoms with Crippen LogP contribution < -0.4 is 16.8 Å². The Morgan fingerprint density at radius 2 is 2.20 bits per heavy atom. The molecular formula is C14H20N4O2. The van der Waals surface area contributed by atoms with Crippen molar-refractivity contribution in [3.63, 3.8) is 0 Å². The molecule has 0 bridgehead atoms. The zero-order chi connectivity index (χ0) is 14.7. The number of likely N-dealkylation sites (tertiary alicyclic amines) is 1. The number of nitrogens with two attached hydrogens (primary N) is 2. The van der Waals surface area contributed by atoms with Gasteiger partial charge in [-0.05, 0) is 50.1 Å². The van der Waals surface area contributed by atoms with Crippen molar-refractivity contribution in [1.29, 1.82) is 0 Å². The highest BCUT2D eigenvalue weighted by Crippen LogP contribution is 2.19. The summed E-state index contributed by atoms with van der Waals surface area (Å²) in [6, 6.07) is 4.99. The molecule has 2 rings (SSSR count). The molecule has 1 heterocycles. The van der Waals surface area contributed by atoms with Gasteiger partial charge in [0.2, 0.25) is 11.8 Å². The molecule has 0 aliphatic carbocycles. The van der Waals surface area contributed by atoms with Crippen molar-refractivity contribution in [2.45, 2.75) is 25.8 Å². The van der Waals surface area contributed by atoms with Crippen molar-refractivity contribution < 1.29 is 9.59 Å². The van der Waals surface area contributed by atoms with Gasteiger partial charge in [-0.15, -0.1) is 0 Å². The molecule has 1 fully saturated rings. The highest BCUT2D eigenvalue weighted by Gasteiger charge is 2.30. The van der Waals surface area contributed by atoms with E-state index >= 15 is 0 Å². The fraction of sp³-hybridized carbons (Fsp3) is 0.429. The molecule has 1 aliphatic heterocycles. The van der Waals surface area contributed by atoms with Crippen LogP contribution in [-0.4, -0.2) is 35.8 Å². The molecule has 108 valence electrons. The van der Waals surface area contributed by atoms with Gasteiger partial charge in [-0.1, -0.05) is 0 Å². The number of anilines is 2. The van der Waals surface area contributed by atoms with Crippen molar-refractivity contribution in [2.75, 3.05) is 24.1 Å². The monoisotopic (exact) mass is 276 g/mol. The topological polar surface area (TPSA) is 101 Å². The number of rotatable bonds is 4. The first kappa shape index (κ1) is 14.3. The van der Waals surface area contributed by atoms with Crippen LogP contribution in [0.15, 0.2) is 18.2 Å². The molecule has 6 heteroatoms. The molecule has 6 nitrogen and oxygen atoms in total. The summed E-state index contributed by atoms with van der Waals surface area (Å²) in [4.78, 5) is 25.1. The first-order valence-corrected chi connectivity index (χ1v) is 6.66.